The predicted molar refractivity (Wildman–Crippen MR) is 109 cm³/mol. The zero-order valence-electron chi connectivity index (χ0n) is 16.4. The van der Waals surface area contributed by atoms with E-state index in [9.17, 15) is 18.0 Å². The van der Waals surface area contributed by atoms with Crippen LogP contribution in [0.1, 0.15) is 31.0 Å². The Bertz CT molecular complexity index is 1010. The number of aromatic nitrogens is 2. The summed E-state index contributed by atoms with van der Waals surface area (Å²) < 4.78 is 47.7. The molecule has 156 valence electrons. The first-order valence-corrected chi connectivity index (χ1v) is 9.57. The molecule has 0 aliphatic rings. The largest absolute Gasteiger partial charge is 0.463 e. The van der Waals surface area contributed by atoms with Crippen molar-refractivity contribution in [2.24, 2.45) is 0 Å². The summed E-state index contributed by atoms with van der Waals surface area (Å²) in [4.78, 5) is 12.0. The van der Waals surface area contributed by atoms with Crippen molar-refractivity contribution in [3.8, 4) is 16.9 Å². The normalized spacial score (nSPS) is 11.7. The van der Waals surface area contributed by atoms with Gasteiger partial charge in [-0.05, 0) is 24.6 Å². The molecule has 2 aromatic carbocycles. The van der Waals surface area contributed by atoms with Gasteiger partial charge in [-0.3, -0.25) is 0 Å². The zero-order chi connectivity index (χ0) is 21.6. The van der Waals surface area contributed by atoms with E-state index >= 15 is 0 Å². The Kier molecular flexibility index (Phi) is 6.72. The first kappa shape index (κ1) is 21.4. The van der Waals surface area contributed by atoms with Crippen LogP contribution in [-0.2, 0) is 15.7 Å². The van der Waals surface area contributed by atoms with E-state index in [0.717, 1.165) is 18.6 Å². The van der Waals surface area contributed by atoms with Gasteiger partial charge in [0, 0.05) is 17.2 Å². The highest BCUT2D eigenvalue weighted by molar-refractivity contribution is 5.89. The maximum atomic E-state index is 13.8. The fourth-order valence-electron chi connectivity index (χ4n) is 2.94. The molecular formula is C23H21F3N2O2. The topological polar surface area (TPSA) is 44.1 Å². The van der Waals surface area contributed by atoms with Crippen molar-refractivity contribution in [2.45, 2.75) is 25.9 Å². The molecule has 0 aliphatic heterocycles. The molecule has 1 heterocycles. The second-order valence-electron chi connectivity index (χ2n) is 6.58. The Hall–Kier alpha value is -3.35. The number of carbonyl (C=O) groups is 1. The summed E-state index contributed by atoms with van der Waals surface area (Å²) in [5.74, 6) is -0.692. The number of benzene rings is 2. The number of halogens is 3. The molecule has 0 fully saturated rings. The van der Waals surface area contributed by atoms with E-state index in [4.69, 9.17) is 4.74 Å². The number of hydrogen-bond donors (Lipinski definition) is 0. The smallest absolute Gasteiger partial charge is 0.435 e. The van der Waals surface area contributed by atoms with Gasteiger partial charge in [0.15, 0.2) is 5.69 Å². The standard InChI is InChI=1S/C23H21F3N2O2/c1-2-3-16-30-20(29)15-14-19-21(17-10-6-4-7-11-17)28(18-12-8-5-9-13-18)27-22(19)23(24,25)26/h4-15H,2-3,16H2,1H3/b15-14+. The summed E-state index contributed by atoms with van der Waals surface area (Å²) in [6, 6.07) is 17.2. The van der Waals surface area contributed by atoms with Crippen molar-refractivity contribution < 1.29 is 22.7 Å². The minimum Gasteiger partial charge on any atom is -0.463 e. The zero-order valence-corrected chi connectivity index (χ0v) is 16.4. The van der Waals surface area contributed by atoms with Crippen molar-refractivity contribution in [1.82, 2.24) is 9.78 Å². The van der Waals surface area contributed by atoms with Crippen LogP contribution >= 0.6 is 0 Å². The van der Waals surface area contributed by atoms with E-state index in [2.05, 4.69) is 5.10 Å². The van der Waals surface area contributed by atoms with Crippen LogP contribution in [0.3, 0.4) is 0 Å². The first-order chi connectivity index (χ1) is 14.4. The Labute approximate surface area is 172 Å². The molecule has 0 N–H and O–H groups in total. The molecule has 0 bridgehead atoms. The summed E-state index contributed by atoms with van der Waals surface area (Å²) in [5.41, 5.74) is 0.00919. The van der Waals surface area contributed by atoms with E-state index in [-0.39, 0.29) is 17.9 Å². The Morgan fingerprint density at radius 1 is 1.07 bits per heavy atom. The molecule has 0 saturated heterocycles. The molecule has 0 saturated carbocycles. The van der Waals surface area contributed by atoms with Gasteiger partial charge in [-0.15, -0.1) is 0 Å². The molecule has 0 aliphatic carbocycles. The van der Waals surface area contributed by atoms with Gasteiger partial charge in [0.2, 0.25) is 0 Å². The Balaban J connectivity index is 2.15. The number of nitrogens with zero attached hydrogens (tertiary/aromatic N) is 2. The molecule has 7 heteroatoms. The summed E-state index contributed by atoms with van der Waals surface area (Å²) in [7, 11) is 0. The van der Waals surface area contributed by atoms with Gasteiger partial charge in [0.1, 0.15) is 0 Å². The summed E-state index contributed by atoms with van der Waals surface area (Å²) in [6.45, 7) is 2.17. The SMILES string of the molecule is CCCCOC(=O)/C=C/c1c(C(F)(F)F)nn(-c2ccccc2)c1-c1ccccc1. The lowest BCUT2D eigenvalue weighted by Gasteiger charge is -2.09. The van der Waals surface area contributed by atoms with E-state index in [0.29, 0.717) is 17.7 Å². The maximum Gasteiger partial charge on any atom is 0.435 e. The highest BCUT2D eigenvalue weighted by atomic mass is 19.4. The first-order valence-electron chi connectivity index (χ1n) is 9.57. The van der Waals surface area contributed by atoms with Gasteiger partial charge >= 0.3 is 12.1 Å². The maximum absolute atomic E-state index is 13.8. The van der Waals surface area contributed by atoms with E-state index in [1.807, 2.05) is 6.92 Å². The van der Waals surface area contributed by atoms with Crippen molar-refractivity contribution >= 4 is 12.0 Å². The van der Waals surface area contributed by atoms with Crippen LogP contribution in [0, 0.1) is 0 Å². The highest BCUT2D eigenvalue weighted by Gasteiger charge is 2.39. The quantitative estimate of drug-likeness (QED) is 0.274. The van der Waals surface area contributed by atoms with Crippen molar-refractivity contribution in [3.63, 3.8) is 0 Å². The summed E-state index contributed by atoms with van der Waals surface area (Å²) >= 11 is 0. The van der Waals surface area contributed by atoms with Crippen LogP contribution in [-0.4, -0.2) is 22.4 Å². The van der Waals surface area contributed by atoms with Gasteiger partial charge in [0.25, 0.3) is 0 Å². The molecule has 0 radical (unpaired) electrons. The highest BCUT2D eigenvalue weighted by Crippen LogP contribution is 2.38. The molecule has 3 rings (SSSR count). The van der Waals surface area contributed by atoms with Crippen LogP contribution in [0.15, 0.2) is 66.7 Å². The van der Waals surface area contributed by atoms with Gasteiger partial charge in [0.05, 0.1) is 18.0 Å². The Morgan fingerprint density at radius 2 is 1.70 bits per heavy atom. The third-order valence-electron chi connectivity index (χ3n) is 4.37. The van der Waals surface area contributed by atoms with Crippen LogP contribution in [0.5, 0.6) is 0 Å². The van der Waals surface area contributed by atoms with Crippen molar-refractivity contribution in [3.05, 3.63) is 78.0 Å². The van der Waals surface area contributed by atoms with Crippen molar-refractivity contribution in [1.29, 1.82) is 0 Å². The molecule has 0 atom stereocenters. The lowest BCUT2D eigenvalue weighted by molar-refractivity contribution is -0.141. The number of hydrogen-bond acceptors (Lipinski definition) is 3. The number of rotatable bonds is 7. The number of esters is 1. The van der Waals surface area contributed by atoms with Crippen molar-refractivity contribution in [2.75, 3.05) is 6.61 Å². The number of unbranched alkanes of at least 4 members (excludes halogenated alkanes) is 1. The molecule has 0 amide bonds. The third kappa shape index (κ3) is 4.97. The summed E-state index contributed by atoms with van der Waals surface area (Å²) in [6.07, 6.45) is -1.02. The molecule has 4 nitrogen and oxygen atoms in total. The summed E-state index contributed by atoms with van der Waals surface area (Å²) in [5, 5.41) is 3.87. The molecule has 1 aromatic heterocycles. The molecule has 3 aromatic rings. The fraction of sp³-hybridized carbons (Fsp3) is 0.217. The second-order valence-corrected chi connectivity index (χ2v) is 6.58. The van der Waals surface area contributed by atoms with Gasteiger partial charge in [-0.2, -0.15) is 18.3 Å². The number of alkyl halides is 3. The van der Waals surface area contributed by atoms with Crippen LogP contribution in [0.4, 0.5) is 13.2 Å². The number of carbonyl (C=O) groups excluding carboxylic acids is 1. The van der Waals surface area contributed by atoms with E-state index < -0.39 is 17.8 Å². The van der Waals surface area contributed by atoms with Gasteiger partial charge < -0.3 is 4.74 Å². The fourth-order valence-corrected chi connectivity index (χ4v) is 2.94. The molecule has 30 heavy (non-hydrogen) atoms. The van der Waals surface area contributed by atoms with Crippen LogP contribution in [0.2, 0.25) is 0 Å². The minimum absolute atomic E-state index is 0.190. The van der Waals surface area contributed by atoms with E-state index in [1.165, 1.54) is 4.68 Å². The average Bonchev–Trinajstić information content (AvgIpc) is 3.14. The molecular weight excluding hydrogens is 393 g/mol. The third-order valence-corrected chi connectivity index (χ3v) is 4.37. The van der Waals surface area contributed by atoms with Gasteiger partial charge in [-0.25, -0.2) is 9.48 Å². The average molecular weight is 414 g/mol. The number of ether oxygens (including phenoxy) is 1. The van der Waals surface area contributed by atoms with Crippen LogP contribution < -0.4 is 0 Å². The monoisotopic (exact) mass is 414 g/mol. The lowest BCUT2D eigenvalue weighted by atomic mass is 10.0. The van der Waals surface area contributed by atoms with Crippen LogP contribution in [0.25, 0.3) is 23.0 Å². The predicted octanol–water partition coefficient (Wildman–Crippen LogP) is 5.91. The number of para-hydroxylation sites is 1. The van der Waals surface area contributed by atoms with E-state index in [1.54, 1.807) is 60.7 Å². The lowest BCUT2D eigenvalue weighted by Crippen LogP contribution is -2.09. The molecule has 0 spiro atoms. The van der Waals surface area contributed by atoms with Gasteiger partial charge in [-0.1, -0.05) is 61.9 Å². The Morgan fingerprint density at radius 3 is 2.30 bits per heavy atom. The second kappa shape index (κ2) is 9.43. The minimum atomic E-state index is -4.70. The molecule has 0 unspecified atom stereocenters.